The number of rotatable bonds is 3. The molecule has 1 fully saturated rings. The van der Waals surface area contributed by atoms with Crippen molar-refractivity contribution < 1.29 is 14.6 Å². The van der Waals surface area contributed by atoms with Gasteiger partial charge in [0.2, 0.25) is 0 Å². The number of pyridine rings is 1. The summed E-state index contributed by atoms with van der Waals surface area (Å²) in [5.74, 6) is -0.988. The Morgan fingerprint density at radius 1 is 1.58 bits per heavy atom. The van der Waals surface area contributed by atoms with E-state index in [4.69, 9.17) is 9.84 Å². The second kappa shape index (κ2) is 5.27. The van der Waals surface area contributed by atoms with Crippen molar-refractivity contribution in [1.29, 1.82) is 0 Å². The van der Waals surface area contributed by atoms with Gasteiger partial charge >= 0.3 is 5.97 Å². The van der Waals surface area contributed by atoms with Crippen LogP contribution < -0.4 is 0 Å². The molecule has 1 aliphatic heterocycles. The average Bonchev–Trinajstić information content (AvgIpc) is 2.26. The van der Waals surface area contributed by atoms with Crippen LogP contribution in [0.5, 0.6) is 0 Å². The summed E-state index contributed by atoms with van der Waals surface area (Å²) in [5.41, 5.74) is 0.699. The third kappa shape index (κ3) is 3.75. The smallest absolute Gasteiger partial charge is 0.354 e. The summed E-state index contributed by atoms with van der Waals surface area (Å²) in [6.07, 6.45) is 0.173. The van der Waals surface area contributed by atoms with Crippen LogP contribution in [0.2, 0.25) is 0 Å². The van der Waals surface area contributed by atoms with E-state index in [1.165, 1.54) is 6.07 Å². The summed E-state index contributed by atoms with van der Waals surface area (Å²) in [7, 11) is 0. The average molecular weight is 264 g/mol. The number of hydrogen-bond donors (Lipinski definition) is 1. The molecule has 1 saturated heterocycles. The second-order valence-corrected chi connectivity index (χ2v) is 5.68. The molecule has 0 aromatic carbocycles. The van der Waals surface area contributed by atoms with Crippen LogP contribution in [0.4, 0.5) is 0 Å². The minimum atomic E-state index is -0.988. The molecular formula is C14H20N2O3. The first-order valence-corrected chi connectivity index (χ1v) is 6.45. The standard InChI is InChI=1S/C14H20N2O3/c1-10-7-16(9-14(2,3)19-10)8-11-5-4-6-12(15-11)13(17)18/h4-6,10H,7-9H2,1-3H3,(H,17,18). The number of ether oxygens (including phenoxy) is 1. The molecule has 104 valence electrons. The van der Waals surface area contributed by atoms with Crippen molar-refractivity contribution in [3.63, 3.8) is 0 Å². The number of hydrogen-bond acceptors (Lipinski definition) is 4. The number of carbonyl (C=O) groups is 1. The van der Waals surface area contributed by atoms with Crippen molar-refractivity contribution in [2.24, 2.45) is 0 Å². The van der Waals surface area contributed by atoms with Gasteiger partial charge in [0, 0.05) is 19.6 Å². The van der Waals surface area contributed by atoms with Crippen molar-refractivity contribution in [2.45, 2.75) is 39.0 Å². The summed E-state index contributed by atoms with van der Waals surface area (Å²) >= 11 is 0. The highest BCUT2D eigenvalue weighted by molar-refractivity contribution is 5.85. The Hall–Kier alpha value is -1.46. The quantitative estimate of drug-likeness (QED) is 0.901. The Kier molecular flexibility index (Phi) is 3.87. The molecule has 0 radical (unpaired) electrons. The Bertz CT molecular complexity index is 474. The maximum Gasteiger partial charge on any atom is 0.354 e. The molecule has 0 amide bonds. The molecule has 1 unspecified atom stereocenters. The Morgan fingerprint density at radius 3 is 2.95 bits per heavy atom. The number of aromatic carboxylic acids is 1. The highest BCUT2D eigenvalue weighted by Gasteiger charge is 2.31. The molecule has 1 atom stereocenters. The molecule has 1 aromatic rings. The van der Waals surface area contributed by atoms with E-state index >= 15 is 0 Å². The van der Waals surface area contributed by atoms with Crippen LogP contribution >= 0.6 is 0 Å². The molecule has 0 saturated carbocycles. The highest BCUT2D eigenvalue weighted by atomic mass is 16.5. The lowest BCUT2D eigenvalue weighted by atomic mass is 10.1. The SMILES string of the molecule is CC1CN(Cc2cccc(C(=O)O)n2)CC(C)(C)O1. The fraction of sp³-hybridized carbons (Fsp3) is 0.571. The maximum atomic E-state index is 10.9. The summed E-state index contributed by atoms with van der Waals surface area (Å²) in [6.45, 7) is 8.49. The number of nitrogens with zero attached hydrogens (tertiary/aromatic N) is 2. The van der Waals surface area contributed by atoms with Gasteiger partial charge in [-0.3, -0.25) is 4.90 Å². The molecule has 1 aliphatic rings. The molecule has 0 spiro atoms. The van der Waals surface area contributed by atoms with E-state index in [2.05, 4.69) is 30.7 Å². The largest absolute Gasteiger partial charge is 0.477 e. The first kappa shape index (κ1) is 14.0. The predicted molar refractivity (Wildman–Crippen MR) is 71.1 cm³/mol. The van der Waals surface area contributed by atoms with E-state index in [9.17, 15) is 4.79 Å². The third-order valence-electron chi connectivity index (χ3n) is 3.05. The number of carboxylic acid groups (broad SMARTS) is 1. The zero-order chi connectivity index (χ0) is 14.0. The van der Waals surface area contributed by atoms with Gasteiger partial charge in [0.05, 0.1) is 17.4 Å². The monoisotopic (exact) mass is 264 g/mol. The molecule has 2 heterocycles. The first-order chi connectivity index (χ1) is 8.85. The van der Waals surface area contributed by atoms with E-state index < -0.39 is 5.97 Å². The van der Waals surface area contributed by atoms with Crippen molar-refractivity contribution in [3.05, 3.63) is 29.6 Å². The van der Waals surface area contributed by atoms with Gasteiger partial charge in [0.15, 0.2) is 0 Å². The zero-order valence-corrected chi connectivity index (χ0v) is 11.6. The van der Waals surface area contributed by atoms with E-state index in [-0.39, 0.29) is 17.4 Å². The molecule has 0 bridgehead atoms. The van der Waals surface area contributed by atoms with E-state index in [0.29, 0.717) is 6.54 Å². The summed E-state index contributed by atoms with van der Waals surface area (Å²) in [5, 5.41) is 8.94. The first-order valence-electron chi connectivity index (χ1n) is 6.45. The fourth-order valence-electron chi connectivity index (χ4n) is 2.62. The van der Waals surface area contributed by atoms with E-state index in [1.54, 1.807) is 6.07 Å². The Balaban J connectivity index is 2.08. The van der Waals surface area contributed by atoms with Gasteiger partial charge in [0.1, 0.15) is 5.69 Å². The van der Waals surface area contributed by atoms with Crippen molar-refractivity contribution >= 4 is 5.97 Å². The number of aromatic nitrogens is 1. The predicted octanol–water partition coefficient (Wildman–Crippen LogP) is 1.78. The van der Waals surface area contributed by atoms with Gasteiger partial charge < -0.3 is 9.84 Å². The van der Waals surface area contributed by atoms with Crippen molar-refractivity contribution in [2.75, 3.05) is 13.1 Å². The molecule has 0 aliphatic carbocycles. The van der Waals surface area contributed by atoms with Gasteiger partial charge in [0.25, 0.3) is 0 Å². The van der Waals surface area contributed by atoms with Crippen LogP contribution in [-0.4, -0.2) is 45.8 Å². The van der Waals surface area contributed by atoms with Gasteiger partial charge in [-0.2, -0.15) is 0 Å². The second-order valence-electron chi connectivity index (χ2n) is 5.68. The summed E-state index contributed by atoms with van der Waals surface area (Å²) < 4.78 is 5.85. The number of carboxylic acids is 1. The molecule has 2 rings (SSSR count). The van der Waals surface area contributed by atoms with Gasteiger partial charge in [-0.05, 0) is 32.9 Å². The van der Waals surface area contributed by atoms with Crippen LogP contribution in [-0.2, 0) is 11.3 Å². The normalized spacial score (nSPS) is 23.2. The minimum absolute atomic E-state index is 0.0954. The Morgan fingerprint density at radius 2 is 2.32 bits per heavy atom. The maximum absolute atomic E-state index is 10.9. The van der Waals surface area contributed by atoms with Crippen LogP contribution in [0.25, 0.3) is 0 Å². The van der Waals surface area contributed by atoms with E-state index in [1.807, 2.05) is 6.07 Å². The summed E-state index contributed by atoms with van der Waals surface area (Å²) in [6, 6.07) is 5.11. The fourth-order valence-corrected chi connectivity index (χ4v) is 2.62. The number of morpholine rings is 1. The zero-order valence-electron chi connectivity index (χ0n) is 11.6. The van der Waals surface area contributed by atoms with Crippen LogP contribution in [0.1, 0.15) is 37.0 Å². The molecular weight excluding hydrogens is 244 g/mol. The lowest BCUT2D eigenvalue weighted by Crippen LogP contribution is -2.51. The lowest BCUT2D eigenvalue weighted by molar-refractivity contribution is -0.130. The Labute approximate surface area is 113 Å². The lowest BCUT2D eigenvalue weighted by Gasteiger charge is -2.41. The molecule has 5 nitrogen and oxygen atoms in total. The van der Waals surface area contributed by atoms with Gasteiger partial charge in [-0.15, -0.1) is 0 Å². The van der Waals surface area contributed by atoms with E-state index in [0.717, 1.165) is 18.8 Å². The molecule has 1 aromatic heterocycles. The van der Waals surface area contributed by atoms with Crippen LogP contribution in [0.3, 0.4) is 0 Å². The minimum Gasteiger partial charge on any atom is -0.477 e. The molecule has 5 heteroatoms. The summed E-state index contributed by atoms with van der Waals surface area (Å²) in [4.78, 5) is 17.3. The van der Waals surface area contributed by atoms with Gasteiger partial charge in [-0.1, -0.05) is 6.07 Å². The topological polar surface area (TPSA) is 62.7 Å². The molecule has 1 N–H and O–H groups in total. The van der Waals surface area contributed by atoms with Crippen molar-refractivity contribution in [3.8, 4) is 0 Å². The molecule has 19 heavy (non-hydrogen) atoms. The van der Waals surface area contributed by atoms with Crippen LogP contribution in [0, 0.1) is 0 Å². The van der Waals surface area contributed by atoms with Crippen LogP contribution in [0.15, 0.2) is 18.2 Å². The van der Waals surface area contributed by atoms with Gasteiger partial charge in [-0.25, -0.2) is 9.78 Å². The highest BCUT2D eigenvalue weighted by Crippen LogP contribution is 2.21. The van der Waals surface area contributed by atoms with Crippen molar-refractivity contribution in [1.82, 2.24) is 9.88 Å². The third-order valence-corrected chi connectivity index (χ3v) is 3.05.